The van der Waals surface area contributed by atoms with Crippen molar-refractivity contribution >= 4 is 0 Å². The molecule has 0 unspecified atom stereocenters. The van der Waals surface area contributed by atoms with Crippen molar-refractivity contribution in [2.75, 3.05) is 6.54 Å². The third kappa shape index (κ3) is 2.37. The molecule has 0 bridgehead atoms. The Labute approximate surface area is 120 Å². The Bertz CT molecular complexity index is 500. The summed E-state index contributed by atoms with van der Waals surface area (Å²) >= 11 is 0. The Morgan fingerprint density at radius 1 is 1.00 bits per heavy atom. The zero-order chi connectivity index (χ0) is 13.9. The highest BCUT2D eigenvalue weighted by Crippen LogP contribution is 2.36. The number of hydrogen-bond donors (Lipinski definition) is 1. The summed E-state index contributed by atoms with van der Waals surface area (Å²) in [4.78, 5) is 2.41. The van der Waals surface area contributed by atoms with E-state index in [4.69, 9.17) is 0 Å². The molecule has 1 saturated heterocycles. The van der Waals surface area contributed by atoms with Gasteiger partial charge in [0, 0.05) is 12.6 Å². The molecule has 1 fully saturated rings. The Kier molecular flexibility index (Phi) is 3.86. The van der Waals surface area contributed by atoms with E-state index in [0.717, 1.165) is 13.0 Å². The molecule has 104 valence electrons. The summed E-state index contributed by atoms with van der Waals surface area (Å²) in [5.41, 5.74) is 2.59. The van der Waals surface area contributed by atoms with Crippen LogP contribution in [0, 0.1) is 0 Å². The smallest absolute Gasteiger partial charge is 0.0822 e. The molecule has 1 heterocycles. The lowest BCUT2D eigenvalue weighted by Gasteiger charge is -2.49. The molecule has 2 aromatic rings. The van der Waals surface area contributed by atoms with Gasteiger partial charge in [0.15, 0.2) is 0 Å². The van der Waals surface area contributed by atoms with Crippen molar-refractivity contribution < 1.29 is 5.11 Å². The van der Waals surface area contributed by atoms with E-state index >= 15 is 0 Å². The van der Waals surface area contributed by atoms with Crippen LogP contribution in [0.2, 0.25) is 0 Å². The molecule has 1 aliphatic heterocycles. The van der Waals surface area contributed by atoms with Crippen LogP contribution >= 0.6 is 0 Å². The predicted octanol–water partition coefficient (Wildman–Crippen LogP) is 3.23. The molecular weight excluding hydrogens is 246 g/mol. The molecule has 0 saturated carbocycles. The predicted molar refractivity (Wildman–Crippen MR) is 81.5 cm³/mol. The van der Waals surface area contributed by atoms with Gasteiger partial charge in [-0.3, -0.25) is 4.90 Å². The highest BCUT2D eigenvalue weighted by molar-refractivity contribution is 5.33. The van der Waals surface area contributed by atoms with Gasteiger partial charge in [0.1, 0.15) is 0 Å². The number of benzene rings is 2. The van der Waals surface area contributed by atoms with E-state index in [1.807, 2.05) is 12.1 Å². The monoisotopic (exact) mass is 267 g/mol. The number of aliphatic hydroxyl groups is 1. The van der Waals surface area contributed by atoms with Crippen LogP contribution < -0.4 is 0 Å². The first-order valence-electron chi connectivity index (χ1n) is 7.35. The van der Waals surface area contributed by atoms with Gasteiger partial charge in [-0.25, -0.2) is 0 Å². The summed E-state index contributed by atoms with van der Waals surface area (Å²) in [6.45, 7) is 2.90. The second-order valence-electron chi connectivity index (χ2n) is 5.46. The van der Waals surface area contributed by atoms with Gasteiger partial charge in [-0.1, -0.05) is 67.6 Å². The molecule has 0 amide bonds. The zero-order valence-electron chi connectivity index (χ0n) is 11.8. The first-order valence-corrected chi connectivity index (χ1v) is 7.35. The largest absolute Gasteiger partial charge is 0.390 e. The third-order valence-corrected chi connectivity index (χ3v) is 4.25. The molecule has 1 aliphatic rings. The summed E-state index contributed by atoms with van der Waals surface area (Å²) in [7, 11) is 0. The van der Waals surface area contributed by atoms with Gasteiger partial charge in [0.2, 0.25) is 0 Å². The average Bonchev–Trinajstić information content (AvgIpc) is 2.49. The summed E-state index contributed by atoms with van der Waals surface area (Å²) < 4.78 is 0. The molecule has 2 atom stereocenters. The molecular formula is C18H21NO. The van der Waals surface area contributed by atoms with E-state index in [1.54, 1.807) is 0 Å². The van der Waals surface area contributed by atoms with E-state index in [0.29, 0.717) is 0 Å². The van der Waals surface area contributed by atoms with E-state index in [-0.39, 0.29) is 18.2 Å². The van der Waals surface area contributed by atoms with E-state index < -0.39 is 0 Å². The van der Waals surface area contributed by atoms with Gasteiger partial charge in [-0.15, -0.1) is 0 Å². The molecule has 0 aliphatic carbocycles. The quantitative estimate of drug-likeness (QED) is 0.919. The van der Waals surface area contributed by atoms with Gasteiger partial charge >= 0.3 is 0 Å². The summed E-state index contributed by atoms with van der Waals surface area (Å²) in [5.74, 6) is 0. The fourth-order valence-corrected chi connectivity index (χ4v) is 3.21. The molecule has 0 spiro atoms. The highest BCUT2D eigenvalue weighted by atomic mass is 16.3. The number of rotatable bonds is 4. The minimum absolute atomic E-state index is 0.185. The van der Waals surface area contributed by atoms with Gasteiger partial charge in [0.25, 0.3) is 0 Å². The summed E-state index contributed by atoms with van der Waals surface area (Å²) in [5, 5.41) is 9.98. The fraction of sp³-hybridized carbons (Fsp3) is 0.333. The van der Waals surface area contributed by atoms with E-state index in [1.165, 1.54) is 11.1 Å². The minimum atomic E-state index is -0.185. The zero-order valence-corrected chi connectivity index (χ0v) is 11.8. The topological polar surface area (TPSA) is 23.5 Å². The van der Waals surface area contributed by atoms with Gasteiger partial charge in [-0.05, 0) is 17.5 Å². The van der Waals surface area contributed by atoms with Crippen LogP contribution in [0.25, 0.3) is 0 Å². The number of likely N-dealkylation sites (tertiary alicyclic amines) is 1. The second-order valence-corrected chi connectivity index (χ2v) is 5.46. The molecule has 2 aromatic carbocycles. The molecule has 2 nitrogen and oxygen atoms in total. The van der Waals surface area contributed by atoms with Crippen molar-refractivity contribution in [1.29, 1.82) is 0 Å². The van der Waals surface area contributed by atoms with E-state index in [2.05, 4.69) is 60.4 Å². The van der Waals surface area contributed by atoms with Crippen molar-refractivity contribution in [2.24, 2.45) is 0 Å². The van der Waals surface area contributed by atoms with Crippen LogP contribution in [0.15, 0.2) is 60.7 Å². The van der Waals surface area contributed by atoms with Crippen LogP contribution in [0.3, 0.4) is 0 Å². The number of aliphatic hydroxyl groups excluding tert-OH is 1. The van der Waals surface area contributed by atoms with Crippen LogP contribution in [-0.4, -0.2) is 28.7 Å². The van der Waals surface area contributed by atoms with Gasteiger partial charge in [-0.2, -0.15) is 0 Å². The van der Waals surface area contributed by atoms with Gasteiger partial charge in [0.05, 0.1) is 12.1 Å². The van der Waals surface area contributed by atoms with Crippen molar-refractivity contribution in [3.05, 3.63) is 71.8 Å². The Morgan fingerprint density at radius 2 is 1.50 bits per heavy atom. The minimum Gasteiger partial charge on any atom is -0.390 e. The lowest BCUT2D eigenvalue weighted by molar-refractivity contribution is -0.0794. The average molecular weight is 267 g/mol. The summed E-state index contributed by atoms with van der Waals surface area (Å²) in [6, 6.07) is 21.7. The maximum absolute atomic E-state index is 9.98. The normalized spacial score (nSPS) is 22.8. The lowest BCUT2D eigenvalue weighted by Crippen LogP contribution is -2.60. The fourth-order valence-electron chi connectivity index (χ4n) is 3.21. The van der Waals surface area contributed by atoms with E-state index in [9.17, 15) is 5.11 Å². The molecule has 2 heteroatoms. The third-order valence-electron chi connectivity index (χ3n) is 4.25. The highest BCUT2D eigenvalue weighted by Gasteiger charge is 2.41. The second kappa shape index (κ2) is 5.78. The number of nitrogens with zero attached hydrogens (tertiary/aromatic N) is 1. The van der Waals surface area contributed by atoms with Crippen molar-refractivity contribution in [2.45, 2.75) is 31.5 Å². The molecule has 20 heavy (non-hydrogen) atoms. The van der Waals surface area contributed by atoms with Crippen LogP contribution in [0.4, 0.5) is 0 Å². The summed E-state index contributed by atoms with van der Waals surface area (Å²) in [6.07, 6.45) is 0.798. The van der Waals surface area contributed by atoms with Crippen LogP contribution in [0.1, 0.15) is 30.5 Å². The first kappa shape index (κ1) is 13.3. The number of β-amino-alcohol motifs (C(OH)–C–C–N with tert-alkyl or cyclic N) is 1. The van der Waals surface area contributed by atoms with Crippen LogP contribution in [0.5, 0.6) is 0 Å². The molecule has 0 aromatic heterocycles. The molecule has 3 rings (SSSR count). The SMILES string of the molecule is CC[C@@H]1[C@@H](O)CN1C(c1ccccc1)c1ccccc1. The Morgan fingerprint density at radius 3 is 1.90 bits per heavy atom. The van der Waals surface area contributed by atoms with Gasteiger partial charge < -0.3 is 5.11 Å². The Hall–Kier alpha value is -1.64. The van der Waals surface area contributed by atoms with Crippen molar-refractivity contribution in [1.82, 2.24) is 4.90 Å². The molecule has 0 radical (unpaired) electrons. The first-order chi connectivity index (χ1) is 9.81. The maximum Gasteiger partial charge on any atom is 0.0822 e. The maximum atomic E-state index is 9.98. The standard InChI is InChI=1S/C18H21NO/c1-2-16-17(20)13-19(16)18(14-9-5-3-6-10-14)15-11-7-4-8-12-15/h3-12,16-18,20H,2,13H2,1H3/t16-,17+/m1/s1. The molecule has 1 N–H and O–H groups in total. The van der Waals surface area contributed by atoms with Crippen molar-refractivity contribution in [3.63, 3.8) is 0 Å². The lowest BCUT2D eigenvalue weighted by atomic mass is 9.88. The Balaban J connectivity index is 1.97. The van der Waals surface area contributed by atoms with Crippen LogP contribution in [-0.2, 0) is 0 Å². The number of hydrogen-bond acceptors (Lipinski definition) is 2. The van der Waals surface area contributed by atoms with Crippen molar-refractivity contribution in [3.8, 4) is 0 Å².